The van der Waals surface area contributed by atoms with Crippen molar-refractivity contribution in [1.29, 1.82) is 5.26 Å². The summed E-state index contributed by atoms with van der Waals surface area (Å²) in [5.41, 5.74) is 6.36. The highest BCUT2D eigenvalue weighted by atomic mass is 32.2. The first-order valence-corrected chi connectivity index (χ1v) is 9.08. The molecule has 1 aliphatic heterocycles. The predicted octanol–water partition coefficient (Wildman–Crippen LogP) is 4.61. The second-order valence-electron chi connectivity index (χ2n) is 5.14. The molecule has 2 nitrogen and oxygen atoms in total. The van der Waals surface area contributed by atoms with Crippen LogP contribution >= 0.6 is 23.5 Å². The van der Waals surface area contributed by atoms with E-state index in [1.165, 1.54) is 21.6 Å². The molecule has 106 valence electrons. The van der Waals surface area contributed by atoms with Crippen LogP contribution in [0.3, 0.4) is 0 Å². The number of hydrogen-bond acceptors (Lipinski definition) is 4. The number of aryl methyl sites for hydroxylation is 2. The predicted molar refractivity (Wildman–Crippen MR) is 90.1 cm³/mol. The van der Waals surface area contributed by atoms with Gasteiger partial charge in [0.15, 0.2) is 0 Å². The van der Waals surface area contributed by atoms with E-state index >= 15 is 0 Å². The van der Waals surface area contributed by atoms with Gasteiger partial charge >= 0.3 is 0 Å². The van der Waals surface area contributed by atoms with Crippen molar-refractivity contribution in [2.75, 3.05) is 12.0 Å². The average Bonchev–Trinajstić information content (AvgIpc) is 2.64. The molecule has 0 atom stereocenters. The van der Waals surface area contributed by atoms with Crippen LogP contribution in [-0.2, 0) is 6.42 Å². The van der Waals surface area contributed by atoms with E-state index in [-0.39, 0.29) is 0 Å². The molecule has 0 unspecified atom stereocenters. The zero-order valence-corrected chi connectivity index (χ0v) is 14.0. The molecule has 3 rings (SSSR count). The minimum atomic E-state index is 0.738. The summed E-state index contributed by atoms with van der Waals surface area (Å²) in [6, 6.07) is 8.88. The van der Waals surface area contributed by atoms with Gasteiger partial charge in [-0.05, 0) is 43.7 Å². The summed E-state index contributed by atoms with van der Waals surface area (Å²) in [5.74, 6) is 1.03. The third-order valence-electron chi connectivity index (χ3n) is 3.75. The first-order valence-electron chi connectivity index (χ1n) is 6.87. The molecular weight excluding hydrogens is 296 g/mol. The van der Waals surface area contributed by atoms with Gasteiger partial charge in [0.2, 0.25) is 0 Å². The van der Waals surface area contributed by atoms with Crippen LogP contribution in [0.15, 0.2) is 28.0 Å². The first kappa shape index (κ1) is 14.5. The topological polar surface area (TPSA) is 36.7 Å². The standard InChI is InChI=1S/C17H16N2S2/c1-10-4-5-12-15(8-10)21-7-6-13-16(12)19-11(2)14(9-18)17(13)20-3/h4-5,8H,6-7H2,1-3H3. The Hall–Kier alpha value is -1.44. The van der Waals surface area contributed by atoms with Crippen LogP contribution < -0.4 is 0 Å². The zero-order chi connectivity index (χ0) is 15.0. The maximum absolute atomic E-state index is 9.43. The van der Waals surface area contributed by atoms with E-state index in [9.17, 15) is 5.26 Å². The van der Waals surface area contributed by atoms with Crippen molar-refractivity contribution in [3.05, 3.63) is 40.6 Å². The lowest BCUT2D eigenvalue weighted by molar-refractivity contribution is 1.03. The maximum atomic E-state index is 9.43. The molecule has 0 amide bonds. The van der Waals surface area contributed by atoms with Crippen LogP contribution in [0.4, 0.5) is 0 Å². The van der Waals surface area contributed by atoms with Gasteiger partial charge in [0, 0.05) is 21.1 Å². The molecule has 0 aliphatic carbocycles. The summed E-state index contributed by atoms with van der Waals surface area (Å²) in [6.07, 6.45) is 3.01. The Labute approximate surface area is 134 Å². The fourth-order valence-corrected chi connectivity index (χ4v) is 4.69. The fourth-order valence-electron chi connectivity index (χ4n) is 2.73. The van der Waals surface area contributed by atoms with Gasteiger partial charge < -0.3 is 0 Å². The molecule has 1 aliphatic rings. The smallest absolute Gasteiger partial charge is 0.102 e. The van der Waals surface area contributed by atoms with Gasteiger partial charge in [0.25, 0.3) is 0 Å². The summed E-state index contributed by atoms with van der Waals surface area (Å²) in [6.45, 7) is 4.06. The highest BCUT2D eigenvalue weighted by Gasteiger charge is 2.22. The molecule has 0 saturated heterocycles. The lowest BCUT2D eigenvalue weighted by Crippen LogP contribution is -2.02. The molecule has 21 heavy (non-hydrogen) atoms. The molecule has 0 bridgehead atoms. The quantitative estimate of drug-likeness (QED) is 0.721. The largest absolute Gasteiger partial charge is 0.251 e. The van der Waals surface area contributed by atoms with Crippen LogP contribution in [0.1, 0.15) is 22.4 Å². The Bertz CT molecular complexity index is 760. The first-order chi connectivity index (χ1) is 10.2. The Morgan fingerprint density at radius 3 is 2.86 bits per heavy atom. The molecule has 0 radical (unpaired) electrons. The number of nitrogens with zero attached hydrogens (tertiary/aromatic N) is 2. The van der Waals surface area contributed by atoms with Gasteiger partial charge in [0.1, 0.15) is 6.07 Å². The Morgan fingerprint density at radius 2 is 2.14 bits per heavy atom. The molecule has 4 heteroatoms. The van der Waals surface area contributed by atoms with Gasteiger partial charge in [-0.25, -0.2) is 0 Å². The van der Waals surface area contributed by atoms with E-state index in [0.29, 0.717) is 0 Å². The SMILES string of the molecule is CSc1c(C#N)c(C)nc2c1CCSc1cc(C)ccc1-2. The second-order valence-corrected chi connectivity index (χ2v) is 7.10. The van der Waals surface area contributed by atoms with Gasteiger partial charge in [-0.1, -0.05) is 12.1 Å². The van der Waals surface area contributed by atoms with Gasteiger partial charge in [0.05, 0.1) is 17.0 Å². The summed E-state index contributed by atoms with van der Waals surface area (Å²) < 4.78 is 0. The third-order valence-corrected chi connectivity index (χ3v) is 5.66. The highest BCUT2D eigenvalue weighted by Crippen LogP contribution is 2.41. The van der Waals surface area contributed by atoms with Crippen LogP contribution in [0.25, 0.3) is 11.3 Å². The van der Waals surface area contributed by atoms with Crippen LogP contribution in [-0.4, -0.2) is 17.0 Å². The van der Waals surface area contributed by atoms with Crippen LogP contribution in [0, 0.1) is 25.2 Å². The van der Waals surface area contributed by atoms with Crippen molar-refractivity contribution in [2.24, 2.45) is 0 Å². The number of pyridine rings is 1. The van der Waals surface area contributed by atoms with E-state index in [2.05, 4.69) is 31.2 Å². The average molecular weight is 312 g/mol. The molecule has 0 N–H and O–H groups in total. The number of thioether (sulfide) groups is 2. The number of aromatic nitrogens is 1. The number of hydrogen-bond donors (Lipinski definition) is 0. The lowest BCUT2D eigenvalue weighted by atomic mass is 10.00. The van der Waals surface area contributed by atoms with Crippen molar-refractivity contribution in [1.82, 2.24) is 4.98 Å². The molecule has 2 heterocycles. The van der Waals surface area contributed by atoms with E-state index < -0.39 is 0 Å². The van der Waals surface area contributed by atoms with E-state index in [1.54, 1.807) is 11.8 Å². The normalized spacial score (nSPS) is 13.0. The number of benzene rings is 1. The number of nitriles is 1. The van der Waals surface area contributed by atoms with E-state index in [4.69, 9.17) is 4.98 Å². The molecule has 0 fully saturated rings. The molecule has 2 aromatic rings. The van der Waals surface area contributed by atoms with Crippen LogP contribution in [0.5, 0.6) is 0 Å². The fraction of sp³-hybridized carbons (Fsp3) is 0.294. The van der Waals surface area contributed by atoms with Crippen molar-refractivity contribution < 1.29 is 0 Å². The minimum Gasteiger partial charge on any atom is -0.251 e. The van der Waals surface area contributed by atoms with E-state index in [0.717, 1.165) is 34.0 Å². The zero-order valence-electron chi connectivity index (χ0n) is 12.4. The Morgan fingerprint density at radius 1 is 1.33 bits per heavy atom. The maximum Gasteiger partial charge on any atom is 0.102 e. The summed E-state index contributed by atoms with van der Waals surface area (Å²) in [5, 5.41) is 9.43. The van der Waals surface area contributed by atoms with Crippen molar-refractivity contribution in [3.8, 4) is 17.3 Å². The van der Waals surface area contributed by atoms with E-state index in [1.807, 2.05) is 24.9 Å². The van der Waals surface area contributed by atoms with Gasteiger partial charge in [-0.3, -0.25) is 4.98 Å². The van der Waals surface area contributed by atoms with Crippen molar-refractivity contribution in [3.63, 3.8) is 0 Å². The third kappa shape index (κ3) is 2.45. The summed E-state index contributed by atoms with van der Waals surface area (Å²) >= 11 is 3.55. The monoisotopic (exact) mass is 312 g/mol. The number of rotatable bonds is 1. The van der Waals surface area contributed by atoms with Crippen molar-refractivity contribution in [2.45, 2.75) is 30.1 Å². The van der Waals surface area contributed by atoms with Crippen LogP contribution in [0.2, 0.25) is 0 Å². The Kier molecular flexibility index (Phi) is 3.97. The molecule has 1 aromatic heterocycles. The summed E-state index contributed by atoms with van der Waals surface area (Å²) in [7, 11) is 0. The van der Waals surface area contributed by atoms with Gasteiger partial charge in [-0.15, -0.1) is 23.5 Å². The molecular formula is C17H16N2S2. The Balaban J connectivity index is 2.34. The molecule has 0 spiro atoms. The second kappa shape index (κ2) is 5.75. The van der Waals surface area contributed by atoms with Crippen molar-refractivity contribution >= 4 is 23.5 Å². The molecule has 1 aromatic carbocycles. The highest BCUT2D eigenvalue weighted by molar-refractivity contribution is 7.99. The number of fused-ring (bicyclic) bond motifs is 3. The molecule has 0 saturated carbocycles. The minimum absolute atomic E-state index is 0.738. The lowest BCUT2D eigenvalue weighted by Gasteiger charge is -2.15. The van der Waals surface area contributed by atoms with Gasteiger partial charge in [-0.2, -0.15) is 5.26 Å². The summed E-state index contributed by atoms with van der Waals surface area (Å²) in [4.78, 5) is 7.18.